The van der Waals surface area contributed by atoms with E-state index < -0.39 is 0 Å². The molecule has 1 unspecified atom stereocenters. The van der Waals surface area contributed by atoms with E-state index in [9.17, 15) is 0 Å². The standard InChI is InChI=1S/C13H20ClN/c1-5-15-10(4)12-7-6-11(9(2)3)8-13(12)14/h6-10,15H,5H2,1-4H3. The van der Waals surface area contributed by atoms with E-state index in [0.717, 1.165) is 11.6 Å². The van der Waals surface area contributed by atoms with Crippen molar-refractivity contribution in [3.8, 4) is 0 Å². The van der Waals surface area contributed by atoms with E-state index in [1.165, 1.54) is 11.1 Å². The molecular formula is C13H20ClN. The molecule has 1 nitrogen and oxygen atoms in total. The summed E-state index contributed by atoms with van der Waals surface area (Å²) in [5.41, 5.74) is 2.48. The Balaban J connectivity index is 2.92. The molecule has 0 aliphatic heterocycles. The molecule has 0 radical (unpaired) electrons. The third kappa shape index (κ3) is 3.22. The molecule has 84 valence electrons. The van der Waals surface area contributed by atoms with Crippen molar-refractivity contribution in [1.29, 1.82) is 0 Å². The maximum atomic E-state index is 6.26. The van der Waals surface area contributed by atoms with Crippen LogP contribution in [0.2, 0.25) is 5.02 Å². The summed E-state index contributed by atoms with van der Waals surface area (Å²) in [4.78, 5) is 0. The van der Waals surface area contributed by atoms with Gasteiger partial charge in [-0.25, -0.2) is 0 Å². The first-order chi connectivity index (χ1) is 7.06. The lowest BCUT2D eigenvalue weighted by Gasteiger charge is -2.16. The van der Waals surface area contributed by atoms with Gasteiger partial charge in [0.05, 0.1) is 0 Å². The van der Waals surface area contributed by atoms with E-state index in [1.807, 2.05) is 0 Å². The van der Waals surface area contributed by atoms with Crippen LogP contribution in [0.25, 0.3) is 0 Å². The highest BCUT2D eigenvalue weighted by molar-refractivity contribution is 6.31. The Morgan fingerprint density at radius 1 is 1.27 bits per heavy atom. The van der Waals surface area contributed by atoms with Crippen molar-refractivity contribution >= 4 is 11.6 Å². The molecular weight excluding hydrogens is 206 g/mol. The zero-order chi connectivity index (χ0) is 11.4. The molecule has 0 aliphatic carbocycles. The van der Waals surface area contributed by atoms with Crippen molar-refractivity contribution in [3.05, 3.63) is 34.3 Å². The van der Waals surface area contributed by atoms with E-state index in [-0.39, 0.29) is 0 Å². The largest absolute Gasteiger partial charge is 0.310 e. The van der Waals surface area contributed by atoms with Gasteiger partial charge in [-0.3, -0.25) is 0 Å². The van der Waals surface area contributed by atoms with Crippen molar-refractivity contribution < 1.29 is 0 Å². The lowest BCUT2D eigenvalue weighted by Crippen LogP contribution is -2.18. The summed E-state index contributed by atoms with van der Waals surface area (Å²) in [5, 5.41) is 4.24. The van der Waals surface area contributed by atoms with E-state index >= 15 is 0 Å². The van der Waals surface area contributed by atoms with Gasteiger partial charge < -0.3 is 5.32 Å². The summed E-state index contributed by atoms with van der Waals surface area (Å²) in [6.45, 7) is 9.56. The average Bonchev–Trinajstić information content (AvgIpc) is 2.17. The predicted octanol–water partition coefficient (Wildman–Crippen LogP) is 4.13. The minimum absolute atomic E-state index is 0.323. The second kappa shape index (κ2) is 5.53. The van der Waals surface area contributed by atoms with Crippen LogP contribution < -0.4 is 5.32 Å². The summed E-state index contributed by atoms with van der Waals surface area (Å²) in [7, 11) is 0. The maximum absolute atomic E-state index is 6.26. The summed E-state index contributed by atoms with van der Waals surface area (Å²) in [6, 6.07) is 6.70. The Labute approximate surface area is 97.8 Å². The van der Waals surface area contributed by atoms with Gasteiger partial charge in [0.2, 0.25) is 0 Å². The zero-order valence-corrected chi connectivity index (χ0v) is 10.7. The average molecular weight is 226 g/mol. The fourth-order valence-electron chi connectivity index (χ4n) is 1.67. The van der Waals surface area contributed by atoms with E-state index in [4.69, 9.17) is 11.6 Å². The van der Waals surface area contributed by atoms with Crippen molar-refractivity contribution in [3.63, 3.8) is 0 Å². The molecule has 1 atom stereocenters. The molecule has 1 rings (SSSR count). The second-order valence-electron chi connectivity index (χ2n) is 4.22. The summed E-state index contributed by atoms with van der Waals surface area (Å²) in [6.07, 6.45) is 0. The number of nitrogens with one attached hydrogen (secondary N) is 1. The number of hydrogen-bond donors (Lipinski definition) is 1. The van der Waals surface area contributed by atoms with Crippen LogP contribution in [0.5, 0.6) is 0 Å². The minimum Gasteiger partial charge on any atom is -0.310 e. The monoisotopic (exact) mass is 225 g/mol. The van der Waals surface area contributed by atoms with E-state index in [1.54, 1.807) is 0 Å². The highest BCUT2D eigenvalue weighted by atomic mass is 35.5. The molecule has 15 heavy (non-hydrogen) atoms. The molecule has 0 aliphatic rings. The van der Waals surface area contributed by atoms with Gasteiger partial charge in [0.15, 0.2) is 0 Å². The molecule has 1 aromatic carbocycles. The van der Waals surface area contributed by atoms with Crippen molar-refractivity contribution in [1.82, 2.24) is 5.32 Å². The van der Waals surface area contributed by atoms with Crippen LogP contribution in [0.15, 0.2) is 18.2 Å². The molecule has 0 saturated carbocycles. The first-order valence-electron chi connectivity index (χ1n) is 5.59. The number of rotatable bonds is 4. The Morgan fingerprint density at radius 3 is 2.40 bits per heavy atom. The van der Waals surface area contributed by atoms with Gasteiger partial charge in [-0.05, 0) is 36.6 Å². The molecule has 0 heterocycles. The lowest BCUT2D eigenvalue weighted by molar-refractivity contribution is 0.598. The molecule has 0 saturated heterocycles. The van der Waals surface area contributed by atoms with E-state index in [0.29, 0.717) is 12.0 Å². The fraction of sp³-hybridized carbons (Fsp3) is 0.538. The predicted molar refractivity (Wildman–Crippen MR) is 67.6 cm³/mol. The summed E-state index contributed by atoms with van der Waals surface area (Å²) in [5.74, 6) is 0.533. The topological polar surface area (TPSA) is 12.0 Å². The minimum atomic E-state index is 0.323. The van der Waals surface area contributed by atoms with Gasteiger partial charge >= 0.3 is 0 Å². The maximum Gasteiger partial charge on any atom is 0.0456 e. The van der Waals surface area contributed by atoms with Gasteiger partial charge in [-0.2, -0.15) is 0 Å². The molecule has 0 bridgehead atoms. The number of hydrogen-bond acceptors (Lipinski definition) is 1. The van der Waals surface area contributed by atoms with Crippen LogP contribution in [-0.4, -0.2) is 6.54 Å². The molecule has 0 fully saturated rings. The third-order valence-corrected chi connectivity index (χ3v) is 3.00. The highest BCUT2D eigenvalue weighted by Gasteiger charge is 2.09. The molecule has 1 N–H and O–H groups in total. The highest BCUT2D eigenvalue weighted by Crippen LogP contribution is 2.26. The Morgan fingerprint density at radius 2 is 1.93 bits per heavy atom. The Kier molecular flexibility index (Phi) is 4.62. The SMILES string of the molecule is CCNC(C)c1ccc(C(C)C)cc1Cl. The third-order valence-electron chi connectivity index (χ3n) is 2.67. The molecule has 1 aromatic rings. The molecule has 2 heteroatoms. The van der Waals surface area contributed by atoms with Crippen LogP contribution in [0.1, 0.15) is 50.8 Å². The second-order valence-corrected chi connectivity index (χ2v) is 4.62. The summed E-state index contributed by atoms with van der Waals surface area (Å²) < 4.78 is 0. The fourth-order valence-corrected chi connectivity index (χ4v) is 2.02. The Bertz CT molecular complexity index is 320. The quantitative estimate of drug-likeness (QED) is 0.813. The van der Waals surface area contributed by atoms with Gasteiger partial charge in [0.25, 0.3) is 0 Å². The normalized spacial score (nSPS) is 13.2. The zero-order valence-electron chi connectivity index (χ0n) is 9.97. The number of benzene rings is 1. The van der Waals surface area contributed by atoms with Gasteiger partial charge in [-0.1, -0.05) is 44.5 Å². The van der Waals surface area contributed by atoms with Crippen molar-refractivity contribution in [2.75, 3.05) is 6.54 Å². The summed E-state index contributed by atoms with van der Waals surface area (Å²) >= 11 is 6.26. The molecule has 0 amide bonds. The smallest absolute Gasteiger partial charge is 0.0456 e. The molecule has 0 spiro atoms. The Hall–Kier alpha value is -0.530. The van der Waals surface area contributed by atoms with Gasteiger partial charge in [-0.15, -0.1) is 0 Å². The lowest BCUT2D eigenvalue weighted by atomic mass is 9.99. The molecule has 0 aromatic heterocycles. The van der Waals surface area contributed by atoms with Crippen LogP contribution >= 0.6 is 11.6 Å². The first kappa shape index (κ1) is 12.5. The van der Waals surface area contributed by atoms with Gasteiger partial charge in [0.1, 0.15) is 0 Å². The van der Waals surface area contributed by atoms with Gasteiger partial charge in [0, 0.05) is 11.1 Å². The van der Waals surface area contributed by atoms with Crippen LogP contribution in [0, 0.1) is 0 Å². The number of halogens is 1. The van der Waals surface area contributed by atoms with Crippen LogP contribution in [-0.2, 0) is 0 Å². The van der Waals surface area contributed by atoms with Crippen molar-refractivity contribution in [2.24, 2.45) is 0 Å². The van der Waals surface area contributed by atoms with Crippen molar-refractivity contribution in [2.45, 2.75) is 39.7 Å². The van der Waals surface area contributed by atoms with E-state index in [2.05, 4.69) is 51.2 Å². The first-order valence-corrected chi connectivity index (χ1v) is 5.96. The van der Waals surface area contributed by atoms with Crippen LogP contribution in [0.3, 0.4) is 0 Å². The van der Waals surface area contributed by atoms with Crippen LogP contribution in [0.4, 0.5) is 0 Å².